The van der Waals surface area contributed by atoms with Crippen molar-refractivity contribution in [1.29, 1.82) is 0 Å². The van der Waals surface area contributed by atoms with Gasteiger partial charge in [0, 0.05) is 0 Å². The summed E-state index contributed by atoms with van der Waals surface area (Å²) in [5.74, 6) is -2.84. The number of benzene rings is 1. The van der Waals surface area contributed by atoms with E-state index >= 15 is 0 Å². The second kappa shape index (κ2) is 3.70. The predicted octanol–water partition coefficient (Wildman–Crippen LogP) is 1.73. The zero-order chi connectivity index (χ0) is 10.0. The molecule has 2 nitrogen and oxygen atoms in total. The van der Waals surface area contributed by atoms with Crippen LogP contribution in [0.5, 0.6) is 0 Å². The number of carbonyl (C=O) groups is 1. The second-order valence-corrected chi connectivity index (χ2v) is 2.87. The topological polar surface area (TPSA) is 43.1 Å². The standard InChI is InChI=1S/C8H6ClF2NO/c9-7(8(12)13)4-1-2-5(10)6(11)3-4/h1-3,7H,(H2,12,13). The number of alkyl halides is 1. The predicted molar refractivity (Wildman–Crippen MR) is 44.1 cm³/mol. The maximum Gasteiger partial charge on any atom is 0.240 e. The number of rotatable bonds is 2. The van der Waals surface area contributed by atoms with Crippen LogP contribution >= 0.6 is 11.6 Å². The Balaban J connectivity index is 3.03. The Labute approximate surface area is 78.3 Å². The number of carbonyl (C=O) groups excluding carboxylic acids is 1. The molecule has 2 N–H and O–H groups in total. The molecule has 70 valence electrons. The molecule has 0 bridgehead atoms. The monoisotopic (exact) mass is 205 g/mol. The average molecular weight is 206 g/mol. The molecular formula is C8H6ClF2NO. The second-order valence-electron chi connectivity index (χ2n) is 2.44. The molecule has 0 spiro atoms. The molecule has 1 aromatic rings. The lowest BCUT2D eigenvalue weighted by atomic mass is 10.1. The minimum atomic E-state index is -1.13. The van der Waals surface area contributed by atoms with Crippen molar-refractivity contribution < 1.29 is 13.6 Å². The van der Waals surface area contributed by atoms with Crippen molar-refractivity contribution in [3.05, 3.63) is 35.4 Å². The minimum absolute atomic E-state index is 0.146. The third-order valence-corrected chi connectivity index (χ3v) is 1.95. The van der Waals surface area contributed by atoms with Crippen molar-refractivity contribution in [2.75, 3.05) is 0 Å². The molecule has 1 amide bonds. The fourth-order valence-corrected chi connectivity index (χ4v) is 0.970. The molecule has 1 atom stereocenters. The number of halogens is 3. The van der Waals surface area contributed by atoms with E-state index in [-0.39, 0.29) is 5.56 Å². The summed E-state index contributed by atoms with van der Waals surface area (Å²) in [6, 6.07) is 2.95. The largest absolute Gasteiger partial charge is 0.368 e. The van der Waals surface area contributed by atoms with Crippen molar-refractivity contribution >= 4 is 17.5 Å². The highest BCUT2D eigenvalue weighted by Crippen LogP contribution is 2.21. The third-order valence-electron chi connectivity index (χ3n) is 1.49. The van der Waals surface area contributed by atoms with E-state index in [9.17, 15) is 13.6 Å². The summed E-state index contributed by atoms with van der Waals surface area (Å²) in [7, 11) is 0. The van der Waals surface area contributed by atoms with E-state index in [1.54, 1.807) is 0 Å². The van der Waals surface area contributed by atoms with Gasteiger partial charge >= 0.3 is 0 Å². The number of nitrogens with two attached hydrogens (primary N) is 1. The van der Waals surface area contributed by atoms with Gasteiger partial charge in [0.05, 0.1) is 0 Å². The average Bonchev–Trinajstić information content (AvgIpc) is 2.08. The quantitative estimate of drug-likeness (QED) is 0.735. The van der Waals surface area contributed by atoms with Crippen LogP contribution in [0.3, 0.4) is 0 Å². The highest BCUT2D eigenvalue weighted by Gasteiger charge is 2.15. The summed E-state index contributed by atoms with van der Waals surface area (Å²) in [6.45, 7) is 0. The van der Waals surface area contributed by atoms with Crippen LogP contribution in [-0.2, 0) is 4.79 Å². The van der Waals surface area contributed by atoms with E-state index < -0.39 is 22.9 Å². The van der Waals surface area contributed by atoms with Crippen LogP contribution in [0.15, 0.2) is 18.2 Å². The molecule has 0 saturated carbocycles. The molecule has 0 aliphatic carbocycles. The van der Waals surface area contributed by atoms with Crippen molar-refractivity contribution in [3.63, 3.8) is 0 Å². The molecule has 0 aliphatic rings. The van der Waals surface area contributed by atoms with Gasteiger partial charge in [-0.15, -0.1) is 11.6 Å². The number of hydrogen-bond acceptors (Lipinski definition) is 1. The first-order valence-corrected chi connectivity index (χ1v) is 3.84. The molecule has 1 unspecified atom stereocenters. The first-order valence-electron chi connectivity index (χ1n) is 3.40. The molecule has 0 aromatic heterocycles. The number of hydrogen-bond donors (Lipinski definition) is 1. The summed E-state index contributed by atoms with van der Waals surface area (Å²) in [4.78, 5) is 10.6. The summed E-state index contributed by atoms with van der Waals surface area (Å²) < 4.78 is 25.0. The van der Waals surface area contributed by atoms with Crippen molar-refractivity contribution in [1.82, 2.24) is 0 Å². The highest BCUT2D eigenvalue weighted by atomic mass is 35.5. The Kier molecular flexibility index (Phi) is 2.83. The first-order chi connectivity index (χ1) is 6.02. The molecule has 5 heteroatoms. The minimum Gasteiger partial charge on any atom is -0.368 e. The molecule has 0 heterocycles. The lowest BCUT2D eigenvalue weighted by molar-refractivity contribution is -0.117. The molecule has 1 aromatic carbocycles. The molecule has 0 saturated heterocycles. The van der Waals surface area contributed by atoms with E-state index in [1.165, 1.54) is 6.07 Å². The highest BCUT2D eigenvalue weighted by molar-refractivity contribution is 6.30. The van der Waals surface area contributed by atoms with Crippen LogP contribution in [0.1, 0.15) is 10.9 Å². The van der Waals surface area contributed by atoms with Crippen LogP contribution in [0.25, 0.3) is 0 Å². The van der Waals surface area contributed by atoms with Gasteiger partial charge < -0.3 is 5.73 Å². The normalized spacial score (nSPS) is 12.5. The van der Waals surface area contributed by atoms with Gasteiger partial charge in [-0.05, 0) is 17.7 Å². The van der Waals surface area contributed by atoms with E-state index in [1.807, 2.05) is 0 Å². The van der Waals surface area contributed by atoms with Gasteiger partial charge in [-0.3, -0.25) is 4.79 Å². The van der Waals surface area contributed by atoms with Crippen molar-refractivity contribution in [2.45, 2.75) is 5.38 Å². The fraction of sp³-hybridized carbons (Fsp3) is 0.125. The lowest BCUT2D eigenvalue weighted by Gasteiger charge is -2.04. The number of primary amides is 1. The molecule has 0 fully saturated rings. The smallest absolute Gasteiger partial charge is 0.240 e. The van der Waals surface area contributed by atoms with Crippen LogP contribution in [0.2, 0.25) is 0 Å². The van der Waals surface area contributed by atoms with Crippen LogP contribution in [0, 0.1) is 11.6 Å². The van der Waals surface area contributed by atoms with Crippen LogP contribution < -0.4 is 5.73 Å². The van der Waals surface area contributed by atoms with E-state index in [2.05, 4.69) is 0 Å². The molecule has 0 aliphatic heterocycles. The zero-order valence-corrected chi connectivity index (χ0v) is 7.18. The Hall–Kier alpha value is -1.16. The van der Waals surface area contributed by atoms with E-state index in [0.29, 0.717) is 0 Å². The Morgan fingerprint density at radius 1 is 1.38 bits per heavy atom. The van der Waals surface area contributed by atoms with Gasteiger partial charge in [0.25, 0.3) is 0 Å². The summed E-state index contributed by atoms with van der Waals surface area (Å²) >= 11 is 5.50. The van der Waals surface area contributed by atoms with Crippen molar-refractivity contribution in [3.8, 4) is 0 Å². The molecule has 1 rings (SSSR count). The van der Waals surface area contributed by atoms with Crippen LogP contribution in [-0.4, -0.2) is 5.91 Å². The van der Waals surface area contributed by atoms with Gasteiger partial charge in [0.2, 0.25) is 5.91 Å². The maximum atomic E-state index is 12.6. The Morgan fingerprint density at radius 3 is 2.46 bits per heavy atom. The fourth-order valence-electron chi connectivity index (χ4n) is 0.834. The first kappa shape index (κ1) is 9.92. The van der Waals surface area contributed by atoms with Gasteiger partial charge in [0.15, 0.2) is 11.6 Å². The van der Waals surface area contributed by atoms with Gasteiger partial charge in [-0.25, -0.2) is 8.78 Å². The van der Waals surface area contributed by atoms with E-state index in [0.717, 1.165) is 12.1 Å². The third kappa shape index (κ3) is 2.15. The molecular weight excluding hydrogens is 200 g/mol. The van der Waals surface area contributed by atoms with E-state index in [4.69, 9.17) is 17.3 Å². The number of amides is 1. The van der Waals surface area contributed by atoms with Gasteiger partial charge in [-0.1, -0.05) is 6.07 Å². The lowest BCUT2D eigenvalue weighted by Crippen LogP contribution is -2.17. The zero-order valence-electron chi connectivity index (χ0n) is 6.43. The Bertz CT molecular complexity index is 343. The summed E-state index contributed by atoms with van der Waals surface area (Å²) in [6.07, 6.45) is 0. The van der Waals surface area contributed by atoms with Gasteiger partial charge in [-0.2, -0.15) is 0 Å². The molecule has 13 heavy (non-hydrogen) atoms. The summed E-state index contributed by atoms with van der Waals surface area (Å²) in [5, 5.41) is -1.13. The maximum absolute atomic E-state index is 12.6. The summed E-state index contributed by atoms with van der Waals surface area (Å²) in [5.41, 5.74) is 5.02. The SMILES string of the molecule is NC(=O)C(Cl)c1ccc(F)c(F)c1. The van der Waals surface area contributed by atoms with Crippen molar-refractivity contribution in [2.24, 2.45) is 5.73 Å². The van der Waals surface area contributed by atoms with Crippen LogP contribution in [0.4, 0.5) is 8.78 Å². The Morgan fingerprint density at radius 2 is 2.00 bits per heavy atom. The van der Waals surface area contributed by atoms with Gasteiger partial charge in [0.1, 0.15) is 5.38 Å². The molecule has 0 radical (unpaired) electrons.